The fourth-order valence-corrected chi connectivity index (χ4v) is 3.52. The van der Waals surface area contributed by atoms with Crippen molar-refractivity contribution >= 4 is 0 Å². The summed E-state index contributed by atoms with van der Waals surface area (Å²) in [4.78, 5) is 2.44. The summed E-state index contributed by atoms with van der Waals surface area (Å²) in [5.74, 6) is 0. The molecule has 0 bridgehead atoms. The van der Waals surface area contributed by atoms with Gasteiger partial charge in [0.2, 0.25) is 0 Å². The Morgan fingerprint density at radius 3 is 1.50 bits per heavy atom. The van der Waals surface area contributed by atoms with Crippen LogP contribution in [0.2, 0.25) is 0 Å². The standard InChI is InChI=1S/C27H31N3/c1-27(2,3)26-14-12-25(13-15-26)20-30(18-23-8-4-21(16-28)5-9-23)19-24-10-6-22(17-29)7-11-24/h4-15H,16,18-20,28H2,1-3H3. The van der Waals surface area contributed by atoms with Crippen LogP contribution in [0.1, 0.15) is 54.2 Å². The molecule has 0 unspecified atom stereocenters. The summed E-state index contributed by atoms with van der Waals surface area (Å²) >= 11 is 0. The number of hydrogen-bond donors (Lipinski definition) is 1. The number of rotatable bonds is 7. The van der Waals surface area contributed by atoms with E-state index in [4.69, 9.17) is 11.0 Å². The molecule has 2 N–H and O–H groups in total. The van der Waals surface area contributed by atoms with Gasteiger partial charge in [0.15, 0.2) is 0 Å². The van der Waals surface area contributed by atoms with E-state index in [0.717, 1.165) is 25.2 Å². The van der Waals surface area contributed by atoms with Crippen LogP contribution in [0.15, 0.2) is 72.8 Å². The molecule has 0 saturated carbocycles. The average Bonchev–Trinajstić information content (AvgIpc) is 2.74. The van der Waals surface area contributed by atoms with Gasteiger partial charge in [-0.05, 0) is 45.4 Å². The molecule has 0 heterocycles. The summed E-state index contributed by atoms with van der Waals surface area (Å²) in [6.07, 6.45) is 0. The first-order chi connectivity index (χ1) is 14.4. The molecule has 30 heavy (non-hydrogen) atoms. The zero-order valence-electron chi connectivity index (χ0n) is 18.2. The fraction of sp³-hybridized carbons (Fsp3) is 0.296. The Kier molecular flexibility index (Phi) is 7.05. The summed E-state index contributed by atoms with van der Waals surface area (Å²) in [5, 5.41) is 9.05. The monoisotopic (exact) mass is 397 g/mol. The lowest BCUT2D eigenvalue weighted by Crippen LogP contribution is -2.22. The van der Waals surface area contributed by atoms with Crippen molar-refractivity contribution < 1.29 is 0 Å². The predicted molar refractivity (Wildman–Crippen MR) is 124 cm³/mol. The Hall–Kier alpha value is -2.93. The van der Waals surface area contributed by atoms with Crippen molar-refractivity contribution in [2.75, 3.05) is 0 Å². The molecule has 3 nitrogen and oxygen atoms in total. The smallest absolute Gasteiger partial charge is 0.0991 e. The molecule has 3 aromatic carbocycles. The van der Waals surface area contributed by atoms with Gasteiger partial charge in [-0.25, -0.2) is 0 Å². The molecule has 0 saturated heterocycles. The van der Waals surface area contributed by atoms with E-state index in [2.05, 4.69) is 80.3 Å². The minimum absolute atomic E-state index is 0.158. The first-order valence-electron chi connectivity index (χ1n) is 10.5. The fourth-order valence-electron chi connectivity index (χ4n) is 3.52. The first-order valence-corrected chi connectivity index (χ1v) is 10.5. The lowest BCUT2D eigenvalue weighted by molar-refractivity contribution is 0.247. The molecule has 0 aliphatic heterocycles. The first kappa shape index (κ1) is 21.8. The highest BCUT2D eigenvalue weighted by Crippen LogP contribution is 2.23. The van der Waals surface area contributed by atoms with E-state index in [9.17, 15) is 0 Å². The van der Waals surface area contributed by atoms with Crippen molar-refractivity contribution in [2.24, 2.45) is 5.73 Å². The summed E-state index contributed by atoms with van der Waals surface area (Å²) in [5.41, 5.74) is 12.9. The van der Waals surface area contributed by atoms with Crippen LogP contribution in [0.4, 0.5) is 0 Å². The Morgan fingerprint density at radius 1 is 0.700 bits per heavy atom. The Bertz CT molecular complexity index is 973. The maximum Gasteiger partial charge on any atom is 0.0991 e. The summed E-state index contributed by atoms with van der Waals surface area (Å²) in [6, 6.07) is 27.6. The van der Waals surface area contributed by atoms with Crippen LogP contribution in [-0.4, -0.2) is 4.90 Å². The van der Waals surface area contributed by atoms with E-state index in [0.29, 0.717) is 12.1 Å². The van der Waals surface area contributed by atoms with Crippen molar-refractivity contribution in [3.05, 3.63) is 106 Å². The van der Waals surface area contributed by atoms with Gasteiger partial charge in [-0.2, -0.15) is 5.26 Å². The van der Waals surface area contributed by atoms with E-state index in [1.54, 1.807) is 0 Å². The molecule has 0 aliphatic rings. The van der Waals surface area contributed by atoms with Gasteiger partial charge in [0.1, 0.15) is 0 Å². The van der Waals surface area contributed by atoms with Gasteiger partial charge >= 0.3 is 0 Å². The average molecular weight is 398 g/mol. The van der Waals surface area contributed by atoms with Gasteiger partial charge in [0, 0.05) is 26.2 Å². The third kappa shape index (κ3) is 6.03. The van der Waals surface area contributed by atoms with Crippen molar-refractivity contribution in [1.82, 2.24) is 4.90 Å². The summed E-state index contributed by atoms with van der Waals surface area (Å²) in [7, 11) is 0. The molecule has 3 heteroatoms. The summed E-state index contributed by atoms with van der Waals surface area (Å²) < 4.78 is 0. The van der Waals surface area contributed by atoms with Gasteiger partial charge in [0.05, 0.1) is 11.6 Å². The molecule has 0 atom stereocenters. The molecule has 0 radical (unpaired) electrons. The minimum atomic E-state index is 0.158. The summed E-state index contributed by atoms with van der Waals surface area (Å²) in [6.45, 7) is 9.83. The molecule has 0 aromatic heterocycles. The van der Waals surface area contributed by atoms with Crippen molar-refractivity contribution in [3.8, 4) is 6.07 Å². The van der Waals surface area contributed by atoms with Crippen LogP contribution in [0, 0.1) is 11.3 Å². The van der Waals surface area contributed by atoms with E-state index >= 15 is 0 Å². The lowest BCUT2D eigenvalue weighted by Gasteiger charge is -2.24. The van der Waals surface area contributed by atoms with E-state index in [-0.39, 0.29) is 5.41 Å². The van der Waals surface area contributed by atoms with Crippen molar-refractivity contribution in [3.63, 3.8) is 0 Å². The van der Waals surface area contributed by atoms with Gasteiger partial charge in [-0.1, -0.05) is 81.4 Å². The highest BCUT2D eigenvalue weighted by molar-refractivity contribution is 5.32. The predicted octanol–water partition coefficient (Wildman–Crippen LogP) is 5.52. The topological polar surface area (TPSA) is 53.0 Å². The molecular weight excluding hydrogens is 366 g/mol. The second-order valence-corrected chi connectivity index (χ2v) is 8.92. The molecule has 0 amide bonds. The number of nitrogens with zero attached hydrogens (tertiary/aromatic N) is 2. The largest absolute Gasteiger partial charge is 0.326 e. The second kappa shape index (κ2) is 9.71. The van der Waals surface area contributed by atoms with Gasteiger partial charge in [0.25, 0.3) is 0 Å². The molecule has 0 spiro atoms. The Labute approximate surface area is 180 Å². The molecule has 3 rings (SSSR count). The maximum absolute atomic E-state index is 9.05. The maximum atomic E-state index is 9.05. The number of hydrogen-bond acceptors (Lipinski definition) is 3. The molecule has 0 fully saturated rings. The lowest BCUT2D eigenvalue weighted by atomic mass is 9.87. The minimum Gasteiger partial charge on any atom is -0.326 e. The quantitative estimate of drug-likeness (QED) is 0.571. The third-order valence-corrected chi connectivity index (χ3v) is 5.38. The van der Waals surface area contributed by atoms with Crippen LogP contribution in [-0.2, 0) is 31.6 Å². The Morgan fingerprint density at radius 2 is 1.10 bits per heavy atom. The number of nitriles is 1. The highest BCUT2D eigenvalue weighted by Gasteiger charge is 2.14. The van der Waals surface area contributed by atoms with E-state index in [1.807, 2.05) is 24.3 Å². The molecule has 154 valence electrons. The van der Waals surface area contributed by atoms with E-state index in [1.165, 1.54) is 22.3 Å². The SMILES string of the molecule is CC(C)(C)c1ccc(CN(Cc2ccc(C#N)cc2)Cc2ccc(CN)cc2)cc1. The van der Waals surface area contributed by atoms with Gasteiger partial charge < -0.3 is 5.73 Å². The normalized spacial score (nSPS) is 11.5. The van der Waals surface area contributed by atoms with Crippen molar-refractivity contribution in [2.45, 2.75) is 52.4 Å². The van der Waals surface area contributed by atoms with Crippen LogP contribution >= 0.6 is 0 Å². The number of nitrogens with two attached hydrogens (primary N) is 1. The van der Waals surface area contributed by atoms with Crippen molar-refractivity contribution in [1.29, 1.82) is 5.26 Å². The van der Waals surface area contributed by atoms with Crippen LogP contribution < -0.4 is 5.73 Å². The highest BCUT2D eigenvalue weighted by atomic mass is 15.1. The van der Waals surface area contributed by atoms with E-state index < -0.39 is 0 Å². The van der Waals surface area contributed by atoms with Crippen LogP contribution in [0.5, 0.6) is 0 Å². The zero-order chi connectivity index (χ0) is 21.6. The number of benzene rings is 3. The molecule has 0 aliphatic carbocycles. The molecule has 3 aromatic rings. The van der Waals surface area contributed by atoms with Crippen LogP contribution in [0.25, 0.3) is 0 Å². The third-order valence-electron chi connectivity index (χ3n) is 5.38. The zero-order valence-corrected chi connectivity index (χ0v) is 18.2. The van der Waals surface area contributed by atoms with Crippen LogP contribution in [0.3, 0.4) is 0 Å². The Balaban J connectivity index is 1.79. The van der Waals surface area contributed by atoms with Gasteiger partial charge in [-0.3, -0.25) is 4.90 Å². The van der Waals surface area contributed by atoms with Gasteiger partial charge in [-0.15, -0.1) is 0 Å². The molecular formula is C27H31N3. The second-order valence-electron chi connectivity index (χ2n) is 8.92.